The summed E-state index contributed by atoms with van der Waals surface area (Å²) in [5.41, 5.74) is 0.305. The molecule has 2 nitrogen and oxygen atoms in total. The van der Waals surface area contributed by atoms with E-state index < -0.39 is 0 Å². The van der Waals surface area contributed by atoms with Crippen LogP contribution in [0.5, 0.6) is 0 Å². The van der Waals surface area contributed by atoms with Crippen molar-refractivity contribution in [3.05, 3.63) is 0 Å². The third kappa shape index (κ3) is 1.00. The molecule has 3 atom stereocenters. The van der Waals surface area contributed by atoms with Gasteiger partial charge in [-0.05, 0) is 12.8 Å². The number of hydrogen-bond acceptors (Lipinski definition) is 2. The Kier molecular flexibility index (Phi) is 1.16. The van der Waals surface area contributed by atoms with Crippen molar-refractivity contribution in [2.75, 3.05) is 6.61 Å². The van der Waals surface area contributed by atoms with Crippen LogP contribution < -0.4 is 0 Å². The van der Waals surface area contributed by atoms with Crippen molar-refractivity contribution in [2.45, 2.75) is 49.9 Å². The van der Waals surface area contributed by atoms with Gasteiger partial charge in [0.25, 0.3) is 0 Å². The zero-order valence-electron chi connectivity index (χ0n) is 6.71. The lowest BCUT2D eigenvalue weighted by Gasteiger charge is -2.15. The van der Waals surface area contributed by atoms with E-state index in [1.807, 2.05) is 0 Å². The van der Waals surface area contributed by atoms with E-state index in [2.05, 4.69) is 0 Å². The first-order valence-corrected chi connectivity index (χ1v) is 4.68. The fourth-order valence-corrected chi connectivity index (χ4v) is 2.40. The molecule has 3 fully saturated rings. The van der Waals surface area contributed by atoms with Crippen LogP contribution in [0.15, 0.2) is 0 Å². The van der Waals surface area contributed by atoms with Crippen molar-refractivity contribution in [2.24, 2.45) is 0 Å². The second-order valence-electron chi connectivity index (χ2n) is 4.08. The Labute approximate surface area is 66.9 Å². The van der Waals surface area contributed by atoms with Crippen molar-refractivity contribution in [3.8, 4) is 0 Å². The fourth-order valence-electron chi connectivity index (χ4n) is 2.40. The molecule has 0 radical (unpaired) electrons. The van der Waals surface area contributed by atoms with Gasteiger partial charge in [0.1, 0.15) is 0 Å². The lowest BCUT2D eigenvalue weighted by atomic mass is 9.86. The van der Waals surface area contributed by atoms with Crippen molar-refractivity contribution in [3.63, 3.8) is 0 Å². The van der Waals surface area contributed by atoms with Gasteiger partial charge in [0, 0.05) is 6.42 Å². The Morgan fingerprint density at radius 1 is 1.36 bits per heavy atom. The number of fused-ring (bicyclic) bond motifs is 1. The van der Waals surface area contributed by atoms with Crippen LogP contribution in [0.3, 0.4) is 0 Å². The molecule has 0 bridgehead atoms. The molecule has 1 aliphatic carbocycles. The molecule has 2 heterocycles. The summed E-state index contributed by atoms with van der Waals surface area (Å²) in [7, 11) is 0. The SMILES string of the molecule is C1CCC2(CC3CO3)OC2C1. The smallest absolute Gasteiger partial charge is 0.0973 e. The van der Waals surface area contributed by atoms with Crippen LogP contribution in [0.25, 0.3) is 0 Å². The van der Waals surface area contributed by atoms with E-state index in [1.165, 1.54) is 32.1 Å². The Bertz CT molecular complexity index is 176. The average molecular weight is 154 g/mol. The quantitative estimate of drug-likeness (QED) is 0.563. The van der Waals surface area contributed by atoms with Gasteiger partial charge in [-0.3, -0.25) is 0 Å². The third-order valence-electron chi connectivity index (χ3n) is 3.20. The molecule has 62 valence electrons. The zero-order chi connectivity index (χ0) is 7.31. The molecule has 3 aliphatic rings. The number of rotatable bonds is 2. The predicted molar refractivity (Wildman–Crippen MR) is 40.4 cm³/mol. The number of epoxide rings is 2. The van der Waals surface area contributed by atoms with Crippen molar-refractivity contribution in [1.29, 1.82) is 0 Å². The highest BCUT2D eigenvalue weighted by atomic mass is 16.6. The van der Waals surface area contributed by atoms with Crippen LogP contribution in [0.1, 0.15) is 32.1 Å². The second-order valence-corrected chi connectivity index (χ2v) is 4.08. The summed E-state index contributed by atoms with van der Waals surface area (Å²) < 4.78 is 11.0. The highest BCUT2D eigenvalue weighted by Crippen LogP contribution is 2.51. The molecule has 0 aromatic heterocycles. The van der Waals surface area contributed by atoms with Crippen LogP contribution in [0, 0.1) is 0 Å². The molecule has 0 aromatic rings. The summed E-state index contributed by atoms with van der Waals surface area (Å²) >= 11 is 0. The highest BCUT2D eigenvalue weighted by molar-refractivity contribution is 5.07. The van der Waals surface area contributed by atoms with Gasteiger partial charge in [-0.15, -0.1) is 0 Å². The van der Waals surface area contributed by atoms with Gasteiger partial charge in [-0.25, -0.2) is 0 Å². The summed E-state index contributed by atoms with van der Waals surface area (Å²) in [6.45, 7) is 0.984. The maximum atomic E-state index is 5.74. The largest absolute Gasteiger partial charge is 0.373 e. The Hall–Kier alpha value is -0.0800. The molecule has 3 unspecified atom stereocenters. The van der Waals surface area contributed by atoms with E-state index in [4.69, 9.17) is 9.47 Å². The van der Waals surface area contributed by atoms with Gasteiger partial charge in [0.2, 0.25) is 0 Å². The lowest BCUT2D eigenvalue weighted by Crippen LogP contribution is -2.21. The average Bonchev–Trinajstić information content (AvgIpc) is 2.83. The van der Waals surface area contributed by atoms with E-state index >= 15 is 0 Å². The molecule has 2 aliphatic heterocycles. The molecule has 0 amide bonds. The van der Waals surface area contributed by atoms with Crippen molar-refractivity contribution in [1.82, 2.24) is 0 Å². The summed E-state index contributed by atoms with van der Waals surface area (Å²) in [4.78, 5) is 0. The molecule has 2 saturated heterocycles. The lowest BCUT2D eigenvalue weighted by molar-refractivity contribution is 0.246. The number of ether oxygens (including phenoxy) is 2. The van der Waals surface area contributed by atoms with Gasteiger partial charge in [-0.2, -0.15) is 0 Å². The Morgan fingerprint density at radius 2 is 2.27 bits per heavy atom. The molecule has 2 heteroatoms. The second kappa shape index (κ2) is 1.99. The third-order valence-corrected chi connectivity index (χ3v) is 3.20. The number of hydrogen-bond donors (Lipinski definition) is 0. The van der Waals surface area contributed by atoms with Gasteiger partial charge in [0.15, 0.2) is 0 Å². The fraction of sp³-hybridized carbons (Fsp3) is 1.00. The van der Waals surface area contributed by atoms with E-state index in [-0.39, 0.29) is 0 Å². The van der Waals surface area contributed by atoms with Crippen molar-refractivity contribution >= 4 is 0 Å². The molecule has 3 rings (SSSR count). The minimum absolute atomic E-state index is 0.305. The Morgan fingerprint density at radius 3 is 3.00 bits per heavy atom. The molecular weight excluding hydrogens is 140 g/mol. The van der Waals surface area contributed by atoms with E-state index in [9.17, 15) is 0 Å². The summed E-state index contributed by atoms with van der Waals surface area (Å²) in [6.07, 6.45) is 7.67. The maximum Gasteiger partial charge on any atom is 0.0973 e. The molecule has 0 N–H and O–H groups in total. The molecule has 0 aromatic carbocycles. The first kappa shape index (κ1) is 6.44. The van der Waals surface area contributed by atoms with Gasteiger partial charge >= 0.3 is 0 Å². The molecule has 1 saturated carbocycles. The van der Waals surface area contributed by atoms with Crippen LogP contribution in [0.2, 0.25) is 0 Å². The van der Waals surface area contributed by atoms with Crippen molar-refractivity contribution < 1.29 is 9.47 Å². The minimum Gasteiger partial charge on any atom is -0.373 e. The maximum absolute atomic E-state index is 5.74. The molecular formula is C9H14O2. The highest BCUT2D eigenvalue weighted by Gasteiger charge is 2.58. The van der Waals surface area contributed by atoms with Gasteiger partial charge < -0.3 is 9.47 Å². The summed E-state index contributed by atoms with van der Waals surface area (Å²) in [5.74, 6) is 0. The van der Waals surface area contributed by atoms with E-state index in [1.54, 1.807) is 0 Å². The topological polar surface area (TPSA) is 25.1 Å². The summed E-state index contributed by atoms with van der Waals surface area (Å²) in [6, 6.07) is 0. The van der Waals surface area contributed by atoms with E-state index in [0.717, 1.165) is 6.61 Å². The summed E-state index contributed by atoms with van der Waals surface area (Å²) in [5, 5.41) is 0. The first-order valence-electron chi connectivity index (χ1n) is 4.68. The zero-order valence-corrected chi connectivity index (χ0v) is 6.71. The van der Waals surface area contributed by atoms with Gasteiger partial charge in [0.05, 0.1) is 24.4 Å². The van der Waals surface area contributed by atoms with Crippen LogP contribution in [-0.2, 0) is 9.47 Å². The first-order chi connectivity index (χ1) is 5.39. The predicted octanol–water partition coefficient (Wildman–Crippen LogP) is 1.49. The van der Waals surface area contributed by atoms with Crippen LogP contribution in [0.4, 0.5) is 0 Å². The molecule has 11 heavy (non-hydrogen) atoms. The van der Waals surface area contributed by atoms with Gasteiger partial charge in [-0.1, -0.05) is 12.8 Å². The molecule has 0 spiro atoms. The standard InChI is InChI=1S/C9H14O2/c1-2-4-9(5-7-6-10-7)8(3-1)11-9/h7-8H,1-6H2. The normalized spacial score (nSPS) is 53.5. The monoisotopic (exact) mass is 154 g/mol. The minimum atomic E-state index is 0.305. The van der Waals surface area contributed by atoms with Crippen LogP contribution >= 0.6 is 0 Å². The Balaban J connectivity index is 1.65. The van der Waals surface area contributed by atoms with E-state index in [0.29, 0.717) is 17.8 Å². The van der Waals surface area contributed by atoms with Crippen LogP contribution in [-0.4, -0.2) is 24.4 Å².